The molecule has 152 valence electrons. The number of hydrazine groups is 1. The molecule has 1 aromatic carbocycles. The van der Waals surface area contributed by atoms with Crippen LogP contribution in [0.2, 0.25) is 0 Å². The normalized spacial score (nSPS) is 29.4. The highest BCUT2D eigenvalue weighted by atomic mass is 16.5. The van der Waals surface area contributed by atoms with Crippen LogP contribution in [0.3, 0.4) is 0 Å². The minimum absolute atomic E-state index is 0.0440. The minimum atomic E-state index is -0.637. The van der Waals surface area contributed by atoms with Gasteiger partial charge in [-0.25, -0.2) is 4.98 Å². The van der Waals surface area contributed by atoms with E-state index in [1.807, 2.05) is 30.1 Å². The van der Waals surface area contributed by atoms with Crippen molar-refractivity contribution in [2.45, 2.75) is 46.5 Å². The highest BCUT2D eigenvalue weighted by Gasteiger charge is 2.72. The third-order valence-electron chi connectivity index (χ3n) is 8.32. The quantitative estimate of drug-likeness (QED) is 0.865. The van der Waals surface area contributed by atoms with Crippen molar-refractivity contribution in [3.8, 4) is 5.75 Å². The number of hydrogen-bond acceptors (Lipinski definition) is 5. The molecular weight excluding hydrogens is 366 g/mol. The summed E-state index contributed by atoms with van der Waals surface area (Å²) >= 11 is 0. The smallest absolute Gasteiger partial charge is 0.245 e. The van der Waals surface area contributed by atoms with E-state index in [1.165, 1.54) is 0 Å². The van der Waals surface area contributed by atoms with Gasteiger partial charge in [0.2, 0.25) is 5.91 Å². The number of ketones is 1. The SMILES string of the molecule is COc1ccc2cc3c(nc2c1)N(NC(=O)[C@]12CC[C@](C)(C(=O)C1)C2(C)C)CC3. The Hall–Kier alpha value is -2.63. The summed E-state index contributed by atoms with van der Waals surface area (Å²) in [7, 11) is 1.64. The molecule has 1 N–H and O–H groups in total. The van der Waals surface area contributed by atoms with E-state index < -0.39 is 10.8 Å². The maximum absolute atomic E-state index is 13.5. The van der Waals surface area contributed by atoms with Crippen molar-refractivity contribution in [1.82, 2.24) is 10.4 Å². The molecule has 2 aromatic rings. The molecule has 1 aliphatic heterocycles. The lowest BCUT2D eigenvalue weighted by atomic mass is 9.64. The van der Waals surface area contributed by atoms with Crippen molar-refractivity contribution in [2.75, 3.05) is 18.7 Å². The third kappa shape index (κ3) is 2.20. The zero-order valence-corrected chi connectivity index (χ0v) is 17.5. The first-order chi connectivity index (χ1) is 13.7. The molecular formula is C23H27N3O3. The van der Waals surface area contributed by atoms with Crippen molar-refractivity contribution in [3.63, 3.8) is 0 Å². The number of hydrogen-bond donors (Lipinski definition) is 1. The predicted molar refractivity (Wildman–Crippen MR) is 111 cm³/mol. The van der Waals surface area contributed by atoms with Gasteiger partial charge >= 0.3 is 0 Å². The molecule has 5 rings (SSSR count). The summed E-state index contributed by atoms with van der Waals surface area (Å²) < 4.78 is 5.32. The largest absolute Gasteiger partial charge is 0.497 e. The second-order valence-electron chi connectivity index (χ2n) is 9.51. The predicted octanol–water partition coefficient (Wildman–Crippen LogP) is 3.42. The Balaban J connectivity index is 1.47. The highest BCUT2D eigenvalue weighted by molar-refractivity contribution is 6.00. The van der Waals surface area contributed by atoms with Crippen LogP contribution in [0.15, 0.2) is 24.3 Å². The van der Waals surface area contributed by atoms with Crippen LogP contribution in [0.4, 0.5) is 5.82 Å². The number of anilines is 1. The number of amides is 1. The number of aromatic nitrogens is 1. The van der Waals surface area contributed by atoms with Gasteiger partial charge in [-0.3, -0.25) is 20.0 Å². The third-order valence-corrected chi connectivity index (χ3v) is 8.32. The fourth-order valence-corrected chi connectivity index (χ4v) is 5.76. The Morgan fingerprint density at radius 3 is 2.66 bits per heavy atom. The fraction of sp³-hybridized carbons (Fsp3) is 0.522. The average Bonchev–Trinajstić information content (AvgIpc) is 3.22. The number of ether oxygens (including phenoxy) is 1. The van der Waals surface area contributed by atoms with E-state index >= 15 is 0 Å². The zero-order valence-electron chi connectivity index (χ0n) is 17.5. The van der Waals surface area contributed by atoms with Gasteiger partial charge in [-0.1, -0.05) is 20.8 Å². The summed E-state index contributed by atoms with van der Waals surface area (Å²) in [5.74, 6) is 1.73. The molecule has 29 heavy (non-hydrogen) atoms. The fourth-order valence-electron chi connectivity index (χ4n) is 5.76. The van der Waals surface area contributed by atoms with Crippen LogP contribution >= 0.6 is 0 Å². The maximum atomic E-state index is 13.5. The summed E-state index contributed by atoms with van der Waals surface area (Å²) in [5.41, 5.74) is 3.70. The van der Waals surface area contributed by atoms with Crippen LogP contribution in [0.1, 0.15) is 45.6 Å². The molecule has 1 aromatic heterocycles. The van der Waals surface area contributed by atoms with Crippen LogP contribution < -0.4 is 15.2 Å². The molecule has 2 saturated carbocycles. The summed E-state index contributed by atoms with van der Waals surface area (Å²) in [6, 6.07) is 7.99. The van der Waals surface area contributed by atoms with Crippen molar-refractivity contribution in [1.29, 1.82) is 0 Å². The molecule has 2 heterocycles. The molecule has 6 nitrogen and oxygen atoms in total. The van der Waals surface area contributed by atoms with E-state index in [-0.39, 0.29) is 17.1 Å². The summed E-state index contributed by atoms with van der Waals surface area (Å²) in [5, 5.41) is 2.92. The first kappa shape index (κ1) is 18.4. The van der Waals surface area contributed by atoms with Gasteiger partial charge in [0.25, 0.3) is 0 Å². The van der Waals surface area contributed by atoms with Gasteiger partial charge in [-0.15, -0.1) is 0 Å². The molecule has 2 bridgehead atoms. The lowest BCUT2D eigenvalue weighted by molar-refractivity contribution is -0.136. The Morgan fingerprint density at radius 2 is 2.00 bits per heavy atom. The van der Waals surface area contributed by atoms with Gasteiger partial charge in [0.1, 0.15) is 11.5 Å². The topological polar surface area (TPSA) is 71.5 Å². The molecule has 2 aliphatic carbocycles. The molecule has 1 amide bonds. The number of fused-ring (bicyclic) bond motifs is 4. The van der Waals surface area contributed by atoms with E-state index in [1.54, 1.807) is 7.11 Å². The molecule has 0 radical (unpaired) electrons. The number of benzene rings is 1. The zero-order chi connectivity index (χ0) is 20.6. The van der Waals surface area contributed by atoms with E-state index in [2.05, 4.69) is 25.3 Å². The Kier molecular flexibility index (Phi) is 3.62. The van der Waals surface area contributed by atoms with E-state index in [9.17, 15) is 9.59 Å². The number of methoxy groups -OCH3 is 1. The monoisotopic (exact) mass is 393 g/mol. The average molecular weight is 393 g/mol. The first-order valence-electron chi connectivity index (χ1n) is 10.3. The van der Waals surface area contributed by atoms with Crippen molar-refractivity contribution >= 4 is 28.4 Å². The van der Waals surface area contributed by atoms with Gasteiger partial charge in [0.05, 0.1) is 18.0 Å². The van der Waals surface area contributed by atoms with E-state index in [0.29, 0.717) is 13.0 Å². The molecule has 0 unspecified atom stereocenters. The summed E-state index contributed by atoms with van der Waals surface area (Å²) in [6.45, 7) is 6.88. The number of rotatable bonds is 3. The molecule has 2 atom stereocenters. The Morgan fingerprint density at radius 1 is 1.21 bits per heavy atom. The number of carbonyl (C=O) groups is 2. The molecule has 0 spiro atoms. The van der Waals surface area contributed by atoms with Crippen LogP contribution in [0, 0.1) is 16.2 Å². The van der Waals surface area contributed by atoms with Crippen LogP contribution in [0.5, 0.6) is 5.75 Å². The van der Waals surface area contributed by atoms with Crippen LogP contribution in [-0.2, 0) is 16.0 Å². The molecule has 2 fully saturated rings. The summed E-state index contributed by atoms with van der Waals surface area (Å²) in [4.78, 5) is 31.0. The Labute approximate surface area is 170 Å². The molecule has 3 aliphatic rings. The Bertz CT molecular complexity index is 1060. The number of nitrogens with zero attached hydrogens (tertiary/aromatic N) is 2. The van der Waals surface area contributed by atoms with Crippen molar-refractivity contribution in [3.05, 3.63) is 29.8 Å². The number of nitrogens with one attached hydrogen (secondary N) is 1. The second kappa shape index (κ2) is 5.71. The van der Waals surface area contributed by atoms with Crippen molar-refractivity contribution in [2.24, 2.45) is 16.2 Å². The standard InChI is InChI=1S/C23H27N3O3/c1-21(2)22(3)8-9-23(21,13-18(22)27)20(28)25-26-10-7-15-11-14-5-6-16(29-4)12-17(14)24-19(15)26/h5-6,11-12H,7-10,13H2,1-4H3,(H,25,28)/t22-,23+/m1/s1. The van der Waals surface area contributed by atoms with Gasteiger partial charge in [0, 0.05) is 29.8 Å². The second-order valence-corrected chi connectivity index (χ2v) is 9.51. The van der Waals surface area contributed by atoms with Crippen LogP contribution in [0.25, 0.3) is 10.9 Å². The highest BCUT2D eigenvalue weighted by Crippen LogP contribution is 2.70. The van der Waals surface area contributed by atoms with Crippen molar-refractivity contribution < 1.29 is 14.3 Å². The molecule has 6 heteroatoms. The van der Waals surface area contributed by atoms with Gasteiger partial charge in [0.15, 0.2) is 5.82 Å². The van der Waals surface area contributed by atoms with Gasteiger partial charge < -0.3 is 4.74 Å². The van der Waals surface area contributed by atoms with Gasteiger partial charge in [-0.05, 0) is 48.4 Å². The number of Topliss-reactive ketones (excluding diaryl/α,β-unsaturated/α-hetero) is 1. The maximum Gasteiger partial charge on any atom is 0.245 e. The molecule has 0 saturated heterocycles. The van der Waals surface area contributed by atoms with Gasteiger partial charge in [-0.2, -0.15) is 0 Å². The number of carbonyl (C=O) groups excluding carboxylic acids is 2. The first-order valence-corrected chi connectivity index (χ1v) is 10.3. The van der Waals surface area contributed by atoms with Crippen LogP contribution in [-0.4, -0.2) is 30.3 Å². The lowest BCUT2D eigenvalue weighted by Gasteiger charge is -2.39. The van der Waals surface area contributed by atoms with E-state index in [4.69, 9.17) is 9.72 Å². The van der Waals surface area contributed by atoms with E-state index in [0.717, 1.165) is 47.3 Å². The lowest BCUT2D eigenvalue weighted by Crippen LogP contribution is -2.52. The number of pyridine rings is 1. The summed E-state index contributed by atoms with van der Waals surface area (Å²) in [6.07, 6.45) is 2.71. The minimum Gasteiger partial charge on any atom is -0.497 e.